The molecule has 0 saturated carbocycles. The van der Waals surface area contributed by atoms with Crippen molar-refractivity contribution in [2.75, 3.05) is 12.3 Å². The minimum absolute atomic E-state index is 0.211. The van der Waals surface area contributed by atoms with Crippen molar-refractivity contribution in [2.45, 2.75) is 6.42 Å². The molecule has 0 saturated heterocycles. The number of primary amides is 1. The van der Waals surface area contributed by atoms with Crippen LogP contribution in [0, 0.1) is 0 Å². The zero-order chi connectivity index (χ0) is 13.7. The van der Waals surface area contributed by atoms with Gasteiger partial charge >= 0.3 is 0 Å². The lowest BCUT2D eigenvalue weighted by atomic mass is 10.2. The molecule has 1 amide bonds. The van der Waals surface area contributed by atoms with E-state index < -0.39 is 5.91 Å². The molecule has 0 fully saturated rings. The van der Waals surface area contributed by atoms with E-state index in [9.17, 15) is 4.79 Å². The van der Waals surface area contributed by atoms with Gasteiger partial charge in [0.25, 0.3) is 5.91 Å². The fourth-order valence-electron chi connectivity index (χ4n) is 1.55. The van der Waals surface area contributed by atoms with Crippen LogP contribution >= 0.6 is 0 Å². The maximum Gasteiger partial charge on any atom is 0.251 e. The third-order valence-corrected chi connectivity index (χ3v) is 2.51. The van der Waals surface area contributed by atoms with E-state index in [1.54, 1.807) is 6.20 Å². The summed E-state index contributed by atoms with van der Waals surface area (Å²) in [5.74, 6) is -0.284. The topological polar surface area (TPSA) is 104 Å². The second-order valence-electron chi connectivity index (χ2n) is 3.89. The monoisotopic (exact) mass is 258 g/mol. The molecule has 0 unspecified atom stereocenters. The summed E-state index contributed by atoms with van der Waals surface area (Å²) in [5.41, 5.74) is 12.1. The molecule has 0 aliphatic carbocycles. The van der Waals surface area contributed by atoms with Crippen LogP contribution in [-0.4, -0.2) is 22.5 Å². The minimum atomic E-state index is -0.602. The molecule has 2 rings (SSSR count). The summed E-state index contributed by atoms with van der Waals surface area (Å²) in [4.78, 5) is 19.3. The third-order valence-electron chi connectivity index (χ3n) is 2.51. The van der Waals surface area contributed by atoms with Crippen molar-refractivity contribution < 1.29 is 9.53 Å². The van der Waals surface area contributed by atoms with Crippen LogP contribution in [0.4, 0.5) is 5.69 Å². The highest BCUT2D eigenvalue weighted by atomic mass is 16.5. The Morgan fingerprint density at radius 1 is 1.32 bits per heavy atom. The molecule has 0 bridgehead atoms. The van der Waals surface area contributed by atoms with E-state index in [2.05, 4.69) is 9.97 Å². The normalized spacial score (nSPS) is 10.1. The number of anilines is 1. The molecule has 98 valence electrons. The highest BCUT2D eigenvalue weighted by Crippen LogP contribution is 2.15. The zero-order valence-electron chi connectivity index (χ0n) is 10.2. The van der Waals surface area contributed by atoms with Gasteiger partial charge in [0.1, 0.15) is 0 Å². The van der Waals surface area contributed by atoms with E-state index in [1.165, 1.54) is 12.3 Å². The van der Waals surface area contributed by atoms with Gasteiger partial charge < -0.3 is 16.2 Å². The molecule has 4 N–H and O–H groups in total. The quantitative estimate of drug-likeness (QED) is 0.824. The summed E-state index contributed by atoms with van der Waals surface area (Å²) in [7, 11) is 0. The largest absolute Gasteiger partial charge is 0.477 e. The molecule has 6 heteroatoms. The summed E-state index contributed by atoms with van der Waals surface area (Å²) < 4.78 is 5.44. The number of aromatic nitrogens is 2. The van der Waals surface area contributed by atoms with Crippen LogP contribution in [0.5, 0.6) is 5.88 Å². The molecule has 0 aromatic carbocycles. The highest BCUT2D eigenvalue weighted by molar-refractivity contribution is 5.97. The molecule has 19 heavy (non-hydrogen) atoms. The van der Waals surface area contributed by atoms with Crippen molar-refractivity contribution in [3.63, 3.8) is 0 Å². The van der Waals surface area contributed by atoms with Crippen LogP contribution in [-0.2, 0) is 6.42 Å². The number of carbonyl (C=O) groups excluding carboxylic acids is 1. The summed E-state index contributed by atoms with van der Waals surface area (Å²) in [5, 5.41) is 0. The Balaban J connectivity index is 1.97. The molecular formula is C13H14N4O2. The first-order valence-electron chi connectivity index (χ1n) is 5.75. The van der Waals surface area contributed by atoms with Gasteiger partial charge in [-0.15, -0.1) is 0 Å². The van der Waals surface area contributed by atoms with Crippen LogP contribution in [0.25, 0.3) is 0 Å². The maximum atomic E-state index is 11.1. The minimum Gasteiger partial charge on any atom is -0.477 e. The van der Waals surface area contributed by atoms with Crippen molar-refractivity contribution in [3.8, 4) is 5.88 Å². The summed E-state index contributed by atoms with van der Waals surface area (Å²) in [6.45, 7) is 0.409. The zero-order valence-corrected chi connectivity index (χ0v) is 10.2. The van der Waals surface area contributed by atoms with Crippen LogP contribution in [0.2, 0.25) is 0 Å². The van der Waals surface area contributed by atoms with Gasteiger partial charge in [-0.3, -0.25) is 9.78 Å². The Morgan fingerprint density at radius 2 is 2.16 bits per heavy atom. The van der Waals surface area contributed by atoms with E-state index in [1.807, 2.05) is 18.2 Å². The van der Waals surface area contributed by atoms with Crippen molar-refractivity contribution >= 4 is 11.6 Å². The third kappa shape index (κ3) is 3.41. The van der Waals surface area contributed by atoms with Crippen molar-refractivity contribution in [1.29, 1.82) is 0 Å². The molecular weight excluding hydrogens is 244 g/mol. The molecule has 0 atom stereocenters. The van der Waals surface area contributed by atoms with E-state index >= 15 is 0 Å². The molecule has 0 aliphatic rings. The molecule has 0 radical (unpaired) electrons. The number of pyridine rings is 2. The second-order valence-corrected chi connectivity index (χ2v) is 3.89. The fraction of sp³-hybridized carbons (Fsp3) is 0.154. The summed E-state index contributed by atoms with van der Waals surface area (Å²) >= 11 is 0. The number of hydrogen-bond donors (Lipinski definition) is 2. The van der Waals surface area contributed by atoms with Gasteiger partial charge in [0, 0.05) is 24.4 Å². The number of nitrogen functional groups attached to an aromatic ring is 1. The lowest BCUT2D eigenvalue weighted by molar-refractivity contribution is 0.100. The smallest absolute Gasteiger partial charge is 0.251 e. The number of nitrogens with two attached hydrogens (primary N) is 2. The second kappa shape index (κ2) is 5.81. The molecule has 0 spiro atoms. The molecule has 6 nitrogen and oxygen atoms in total. The Hall–Kier alpha value is -2.63. The average molecular weight is 258 g/mol. The first-order valence-corrected chi connectivity index (χ1v) is 5.75. The van der Waals surface area contributed by atoms with Crippen molar-refractivity contribution in [1.82, 2.24) is 9.97 Å². The number of hydrogen-bond acceptors (Lipinski definition) is 5. The Kier molecular flexibility index (Phi) is 3.92. The SMILES string of the molecule is NC(=O)c1cc(OCCc2ccccn2)ncc1N. The van der Waals surface area contributed by atoms with Gasteiger partial charge in [-0.25, -0.2) is 4.98 Å². The first kappa shape index (κ1) is 12.8. The van der Waals surface area contributed by atoms with Crippen LogP contribution < -0.4 is 16.2 Å². The van der Waals surface area contributed by atoms with Gasteiger partial charge in [0.2, 0.25) is 5.88 Å². The van der Waals surface area contributed by atoms with Crippen LogP contribution in [0.15, 0.2) is 36.7 Å². The number of rotatable bonds is 5. The highest BCUT2D eigenvalue weighted by Gasteiger charge is 2.08. The molecule has 2 heterocycles. The molecule has 2 aromatic rings. The molecule has 2 aromatic heterocycles. The Bertz CT molecular complexity index is 572. The van der Waals surface area contributed by atoms with E-state index in [4.69, 9.17) is 16.2 Å². The van der Waals surface area contributed by atoms with Gasteiger partial charge in [-0.1, -0.05) is 6.07 Å². The Morgan fingerprint density at radius 3 is 2.84 bits per heavy atom. The van der Waals surface area contributed by atoms with Crippen LogP contribution in [0.1, 0.15) is 16.1 Å². The van der Waals surface area contributed by atoms with Gasteiger partial charge in [-0.2, -0.15) is 0 Å². The van der Waals surface area contributed by atoms with E-state index in [-0.39, 0.29) is 11.3 Å². The number of amides is 1. The summed E-state index contributed by atoms with van der Waals surface area (Å²) in [6, 6.07) is 7.12. The summed E-state index contributed by atoms with van der Waals surface area (Å²) in [6.07, 6.45) is 3.73. The van der Waals surface area contributed by atoms with Gasteiger partial charge in [-0.05, 0) is 12.1 Å². The van der Waals surface area contributed by atoms with Gasteiger partial charge in [0.05, 0.1) is 24.1 Å². The predicted octanol–water partition coefficient (Wildman–Crippen LogP) is 0.779. The van der Waals surface area contributed by atoms with Crippen molar-refractivity contribution in [3.05, 3.63) is 47.9 Å². The predicted molar refractivity (Wildman–Crippen MR) is 70.6 cm³/mol. The lowest BCUT2D eigenvalue weighted by Crippen LogP contribution is -2.14. The average Bonchev–Trinajstić information content (AvgIpc) is 2.41. The fourth-order valence-corrected chi connectivity index (χ4v) is 1.55. The van der Waals surface area contributed by atoms with Gasteiger partial charge in [0.15, 0.2) is 0 Å². The number of carbonyl (C=O) groups is 1. The first-order chi connectivity index (χ1) is 9.16. The number of nitrogens with zero attached hydrogens (tertiary/aromatic N) is 2. The van der Waals surface area contributed by atoms with E-state index in [0.717, 1.165) is 5.69 Å². The Labute approximate surface area is 110 Å². The molecule has 0 aliphatic heterocycles. The standard InChI is InChI=1S/C13H14N4O2/c14-11-8-17-12(7-10(11)13(15)18)19-6-4-9-3-1-2-5-16-9/h1-3,5,7-8H,4,6,14H2,(H2,15,18). The van der Waals surface area contributed by atoms with Crippen LogP contribution in [0.3, 0.4) is 0 Å². The van der Waals surface area contributed by atoms with E-state index in [0.29, 0.717) is 18.9 Å². The maximum absolute atomic E-state index is 11.1. The lowest BCUT2D eigenvalue weighted by Gasteiger charge is -2.07. The van der Waals surface area contributed by atoms with Crippen molar-refractivity contribution in [2.24, 2.45) is 5.73 Å². The number of ether oxygens (including phenoxy) is 1.